The minimum absolute atomic E-state index is 0.0189. The minimum atomic E-state index is -3.53. The molecule has 0 aromatic heterocycles. The van der Waals surface area contributed by atoms with E-state index in [0.717, 1.165) is 24.1 Å². The third-order valence-electron chi connectivity index (χ3n) is 4.81. The summed E-state index contributed by atoms with van der Waals surface area (Å²) in [4.78, 5) is 13.8. The van der Waals surface area contributed by atoms with Crippen molar-refractivity contribution in [3.8, 4) is 0 Å². The van der Waals surface area contributed by atoms with Gasteiger partial charge < -0.3 is 10.6 Å². The summed E-state index contributed by atoms with van der Waals surface area (Å²) in [6.45, 7) is 4.38. The Bertz CT molecular complexity index is 732. The number of nitrogens with two attached hydrogens (primary N) is 1. The molecular formula is C16H23N3O3S. The zero-order valence-electron chi connectivity index (χ0n) is 13.5. The quantitative estimate of drug-likeness (QED) is 0.895. The monoisotopic (exact) mass is 337 g/mol. The number of fused-ring (bicyclic) bond motifs is 1. The molecule has 0 spiro atoms. The molecule has 2 N–H and O–H groups in total. The number of carbonyl (C=O) groups excluding carboxylic acids is 1. The van der Waals surface area contributed by atoms with E-state index in [-0.39, 0.29) is 18.0 Å². The second kappa shape index (κ2) is 5.89. The fourth-order valence-electron chi connectivity index (χ4n) is 3.74. The van der Waals surface area contributed by atoms with Gasteiger partial charge in [-0.2, -0.15) is 4.31 Å². The molecule has 2 heterocycles. The number of nitrogens with zero attached hydrogens (tertiary/aromatic N) is 2. The lowest BCUT2D eigenvalue weighted by Crippen LogP contribution is -2.39. The molecule has 1 aromatic rings. The van der Waals surface area contributed by atoms with Crippen molar-refractivity contribution in [1.29, 1.82) is 0 Å². The summed E-state index contributed by atoms with van der Waals surface area (Å²) in [5, 5.41) is 0. The lowest BCUT2D eigenvalue weighted by Gasteiger charge is -2.23. The molecule has 2 unspecified atom stereocenters. The zero-order chi connectivity index (χ0) is 16.8. The van der Waals surface area contributed by atoms with Gasteiger partial charge in [0.2, 0.25) is 15.9 Å². The molecule has 1 aromatic carbocycles. The SMILES string of the molecule is CC(=O)N1c2ccc(S(=O)(=O)N3CCCC3CN)cc2CC1C. The molecule has 0 radical (unpaired) electrons. The van der Waals surface area contributed by atoms with E-state index < -0.39 is 10.0 Å². The van der Waals surface area contributed by atoms with Crippen molar-refractivity contribution < 1.29 is 13.2 Å². The van der Waals surface area contributed by atoms with Crippen molar-refractivity contribution in [1.82, 2.24) is 4.31 Å². The van der Waals surface area contributed by atoms with Crippen LogP contribution < -0.4 is 10.6 Å². The molecule has 7 heteroatoms. The van der Waals surface area contributed by atoms with Crippen LogP contribution >= 0.6 is 0 Å². The van der Waals surface area contributed by atoms with E-state index in [4.69, 9.17) is 5.73 Å². The van der Waals surface area contributed by atoms with Crippen molar-refractivity contribution in [3.05, 3.63) is 23.8 Å². The maximum atomic E-state index is 12.9. The third-order valence-corrected chi connectivity index (χ3v) is 6.76. The van der Waals surface area contributed by atoms with Gasteiger partial charge in [0, 0.05) is 37.8 Å². The summed E-state index contributed by atoms with van der Waals surface area (Å²) < 4.78 is 27.3. The van der Waals surface area contributed by atoms with Gasteiger partial charge in [-0.15, -0.1) is 0 Å². The molecule has 1 saturated heterocycles. The highest BCUT2D eigenvalue weighted by molar-refractivity contribution is 7.89. The summed E-state index contributed by atoms with van der Waals surface area (Å²) in [7, 11) is -3.53. The maximum absolute atomic E-state index is 12.9. The molecule has 0 aliphatic carbocycles. The summed E-state index contributed by atoms with van der Waals surface area (Å²) in [6, 6.07) is 5.02. The predicted molar refractivity (Wildman–Crippen MR) is 88.7 cm³/mol. The average molecular weight is 337 g/mol. The van der Waals surface area contributed by atoms with Crippen LogP contribution in [0.2, 0.25) is 0 Å². The topological polar surface area (TPSA) is 83.7 Å². The number of benzene rings is 1. The first-order valence-corrected chi connectivity index (χ1v) is 9.45. The number of hydrogen-bond acceptors (Lipinski definition) is 4. The number of anilines is 1. The van der Waals surface area contributed by atoms with Gasteiger partial charge in [0.25, 0.3) is 0 Å². The zero-order valence-corrected chi connectivity index (χ0v) is 14.3. The van der Waals surface area contributed by atoms with Gasteiger partial charge in [-0.05, 0) is 49.9 Å². The Morgan fingerprint density at radius 3 is 2.78 bits per heavy atom. The molecule has 23 heavy (non-hydrogen) atoms. The Labute approximate surface area is 137 Å². The molecule has 6 nitrogen and oxygen atoms in total. The van der Waals surface area contributed by atoms with Crippen LogP contribution in [0.4, 0.5) is 5.69 Å². The van der Waals surface area contributed by atoms with Gasteiger partial charge in [-0.1, -0.05) is 0 Å². The van der Waals surface area contributed by atoms with Gasteiger partial charge in [0.1, 0.15) is 0 Å². The molecule has 2 aliphatic rings. The van der Waals surface area contributed by atoms with Crippen LogP contribution in [0.5, 0.6) is 0 Å². The summed E-state index contributed by atoms with van der Waals surface area (Å²) in [5.41, 5.74) is 7.44. The van der Waals surface area contributed by atoms with Gasteiger partial charge >= 0.3 is 0 Å². The maximum Gasteiger partial charge on any atom is 0.243 e. The molecular weight excluding hydrogens is 314 g/mol. The lowest BCUT2D eigenvalue weighted by molar-refractivity contribution is -0.116. The molecule has 3 rings (SSSR count). The smallest absolute Gasteiger partial charge is 0.243 e. The fraction of sp³-hybridized carbons (Fsp3) is 0.562. The normalized spacial score (nSPS) is 24.9. The second-order valence-electron chi connectivity index (χ2n) is 6.38. The van der Waals surface area contributed by atoms with E-state index in [1.54, 1.807) is 23.1 Å². The van der Waals surface area contributed by atoms with Crippen LogP contribution in [0.1, 0.15) is 32.3 Å². The van der Waals surface area contributed by atoms with Crippen LogP contribution in [0.25, 0.3) is 0 Å². The lowest BCUT2D eigenvalue weighted by atomic mass is 10.1. The van der Waals surface area contributed by atoms with Crippen LogP contribution in [-0.2, 0) is 21.2 Å². The van der Waals surface area contributed by atoms with Gasteiger partial charge in [0.05, 0.1) is 4.90 Å². The Kier molecular flexibility index (Phi) is 4.20. The standard InChI is InChI=1S/C16H23N3O3S/c1-11-8-13-9-15(5-6-16(13)19(11)12(2)20)23(21,22)18-7-3-4-14(18)10-17/h5-6,9,11,14H,3-4,7-8,10,17H2,1-2H3. The number of amides is 1. The predicted octanol–water partition coefficient (Wildman–Crippen LogP) is 1.10. The highest BCUT2D eigenvalue weighted by Gasteiger charge is 2.36. The third kappa shape index (κ3) is 2.66. The fourth-order valence-corrected chi connectivity index (χ4v) is 5.50. The first-order chi connectivity index (χ1) is 10.9. The first kappa shape index (κ1) is 16.4. The molecule has 2 aliphatic heterocycles. The van der Waals surface area contributed by atoms with Crippen LogP contribution in [0.3, 0.4) is 0 Å². The van der Waals surface area contributed by atoms with Crippen molar-refractivity contribution in [2.75, 3.05) is 18.0 Å². The summed E-state index contributed by atoms with van der Waals surface area (Å²) >= 11 is 0. The van der Waals surface area contributed by atoms with Crippen LogP contribution in [0.15, 0.2) is 23.1 Å². The largest absolute Gasteiger partial charge is 0.329 e. The van der Waals surface area contributed by atoms with E-state index in [2.05, 4.69) is 0 Å². The molecule has 1 fully saturated rings. The first-order valence-electron chi connectivity index (χ1n) is 8.01. The molecule has 2 atom stereocenters. The van der Waals surface area contributed by atoms with E-state index >= 15 is 0 Å². The summed E-state index contributed by atoms with van der Waals surface area (Å²) in [6.07, 6.45) is 2.34. The van der Waals surface area contributed by atoms with Crippen molar-refractivity contribution >= 4 is 21.6 Å². The second-order valence-corrected chi connectivity index (χ2v) is 8.27. The molecule has 0 bridgehead atoms. The number of hydrogen-bond donors (Lipinski definition) is 1. The number of sulfonamides is 1. The highest BCUT2D eigenvalue weighted by Crippen LogP contribution is 2.35. The Hall–Kier alpha value is -1.44. The Morgan fingerprint density at radius 1 is 1.39 bits per heavy atom. The van der Waals surface area contributed by atoms with Crippen molar-refractivity contribution in [2.24, 2.45) is 5.73 Å². The molecule has 126 valence electrons. The van der Waals surface area contributed by atoms with Crippen molar-refractivity contribution in [3.63, 3.8) is 0 Å². The minimum Gasteiger partial charge on any atom is -0.329 e. The number of carbonyl (C=O) groups is 1. The van der Waals surface area contributed by atoms with Crippen LogP contribution in [0, 0.1) is 0 Å². The average Bonchev–Trinajstić information content (AvgIpc) is 3.09. The Balaban J connectivity index is 1.97. The summed E-state index contributed by atoms with van der Waals surface area (Å²) in [5.74, 6) is -0.0189. The van der Waals surface area contributed by atoms with Gasteiger partial charge in [0.15, 0.2) is 0 Å². The molecule has 1 amide bonds. The van der Waals surface area contributed by atoms with E-state index in [0.29, 0.717) is 24.4 Å². The van der Waals surface area contributed by atoms with E-state index in [1.165, 1.54) is 11.2 Å². The van der Waals surface area contributed by atoms with Gasteiger partial charge in [-0.3, -0.25) is 4.79 Å². The van der Waals surface area contributed by atoms with Crippen LogP contribution in [-0.4, -0.2) is 43.8 Å². The van der Waals surface area contributed by atoms with Crippen molar-refractivity contribution in [2.45, 2.75) is 50.1 Å². The van der Waals surface area contributed by atoms with Gasteiger partial charge in [-0.25, -0.2) is 8.42 Å². The number of rotatable bonds is 3. The Morgan fingerprint density at radius 2 is 2.13 bits per heavy atom. The van der Waals surface area contributed by atoms with E-state index in [9.17, 15) is 13.2 Å². The highest BCUT2D eigenvalue weighted by atomic mass is 32.2. The van der Waals surface area contributed by atoms with E-state index in [1.807, 2.05) is 6.92 Å². The molecule has 0 saturated carbocycles.